The second-order valence-corrected chi connectivity index (χ2v) is 11.6. The first-order valence-corrected chi connectivity index (χ1v) is 12.2. The summed E-state index contributed by atoms with van der Waals surface area (Å²) in [5, 5.41) is 32.0. The van der Waals surface area contributed by atoms with E-state index in [0.29, 0.717) is 30.1 Å². The third-order valence-corrected chi connectivity index (χ3v) is 10.7. The Labute approximate surface area is 176 Å². The molecule has 0 aromatic heterocycles. The normalized spacial score (nSPS) is 52.9. The van der Waals surface area contributed by atoms with E-state index in [1.807, 2.05) is 0 Å². The average molecular weight is 407 g/mol. The molecule has 29 heavy (non-hydrogen) atoms. The number of hydrogen-bond acceptors (Lipinski definition) is 3. The Morgan fingerprint density at radius 1 is 1.00 bits per heavy atom. The lowest BCUT2D eigenvalue weighted by atomic mass is 9.41. The van der Waals surface area contributed by atoms with Gasteiger partial charge in [-0.2, -0.15) is 0 Å². The highest BCUT2D eigenvalue weighted by molar-refractivity contribution is 5.71. The van der Waals surface area contributed by atoms with Crippen LogP contribution in [0.2, 0.25) is 0 Å². The molecule has 4 aliphatic carbocycles. The molecule has 0 saturated heterocycles. The third-order valence-electron chi connectivity index (χ3n) is 10.7. The monoisotopic (exact) mass is 406 g/mol. The van der Waals surface area contributed by atoms with Gasteiger partial charge < -0.3 is 15.3 Å². The van der Waals surface area contributed by atoms with Crippen LogP contribution >= 0.6 is 0 Å². The molecule has 4 saturated carbocycles. The molecule has 11 atom stereocenters. The second-order valence-electron chi connectivity index (χ2n) is 11.6. The van der Waals surface area contributed by atoms with E-state index in [-0.39, 0.29) is 28.8 Å². The van der Waals surface area contributed by atoms with Gasteiger partial charge in [0, 0.05) is 0 Å². The number of fused-ring (bicyclic) bond motifs is 5. The number of aliphatic hydroxyl groups is 2. The third kappa shape index (κ3) is 3.03. The molecule has 0 spiro atoms. The maximum absolute atomic E-state index is 12.2. The van der Waals surface area contributed by atoms with Crippen LogP contribution in [0.1, 0.15) is 85.5 Å². The molecule has 166 valence electrons. The van der Waals surface area contributed by atoms with E-state index in [9.17, 15) is 20.1 Å². The van der Waals surface area contributed by atoms with Gasteiger partial charge in [0.2, 0.25) is 0 Å². The van der Waals surface area contributed by atoms with Gasteiger partial charge in [0.05, 0.1) is 18.1 Å². The molecule has 0 aromatic rings. The summed E-state index contributed by atoms with van der Waals surface area (Å²) in [7, 11) is 0. The highest BCUT2D eigenvalue weighted by Gasteiger charge is 2.66. The molecular weight excluding hydrogens is 364 g/mol. The standard InChI is InChI=1S/C25H42O4/c1-5-6-14(2)18-9-10-19-17-8-7-15-11-16(26)12-21(23(28)29)24(15,3)20(17)13-22(27)25(18,19)4/h14-22,26-27H,5-13H2,1-4H3,(H,28,29)/t14-,15-,16+,17?,18-,19?,20?,21?,22+,24+,25-/m1/s1. The molecule has 0 bridgehead atoms. The fourth-order valence-corrected chi connectivity index (χ4v) is 9.29. The molecule has 4 aliphatic rings. The summed E-state index contributed by atoms with van der Waals surface area (Å²) < 4.78 is 0. The molecule has 0 amide bonds. The minimum absolute atomic E-state index is 0.0220. The Morgan fingerprint density at radius 2 is 1.72 bits per heavy atom. The number of carbonyl (C=O) groups is 1. The van der Waals surface area contributed by atoms with Crippen LogP contribution < -0.4 is 0 Å². The van der Waals surface area contributed by atoms with Gasteiger partial charge in [-0.05, 0) is 91.3 Å². The molecule has 3 N–H and O–H groups in total. The van der Waals surface area contributed by atoms with Crippen molar-refractivity contribution in [1.82, 2.24) is 0 Å². The Balaban J connectivity index is 1.68. The minimum atomic E-state index is -0.749. The van der Waals surface area contributed by atoms with Gasteiger partial charge in [-0.15, -0.1) is 0 Å². The van der Waals surface area contributed by atoms with Crippen molar-refractivity contribution in [2.75, 3.05) is 0 Å². The van der Waals surface area contributed by atoms with Crippen LogP contribution in [0.15, 0.2) is 0 Å². The SMILES string of the molecule is CCC[C@@H](C)[C@H]1CCC2C3CC[C@@H]4C[C@H](O)CC(C(=O)O)[C@]4(C)C3C[C@H](O)[C@@]21C. The van der Waals surface area contributed by atoms with Gasteiger partial charge in [-0.3, -0.25) is 4.79 Å². The number of aliphatic carboxylic acids is 1. The zero-order valence-corrected chi connectivity index (χ0v) is 18.8. The maximum Gasteiger partial charge on any atom is 0.307 e. The van der Waals surface area contributed by atoms with Crippen molar-refractivity contribution in [3.63, 3.8) is 0 Å². The van der Waals surface area contributed by atoms with Crippen molar-refractivity contribution in [3.8, 4) is 0 Å². The van der Waals surface area contributed by atoms with Gasteiger partial charge in [0.25, 0.3) is 0 Å². The first-order chi connectivity index (χ1) is 13.6. The topological polar surface area (TPSA) is 77.8 Å². The number of aliphatic hydroxyl groups excluding tert-OH is 2. The van der Waals surface area contributed by atoms with Gasteiger partial charge in [-0.25, -0.2) is 0 Å². The van der Waals surface area contributed by atoms with Crippen LogP contribution in [-0.4, -0.2) is 33.5 Å². The number of rotatable bonds is 4. The van der Waals surface area contributed by atoms with Gasteiger partial charge >= 0.3 is 5.97 Å². The van der Waals surface area contributed by atoms with Crippen LogP contribution in [-0.2, 0) is 4.79 Å². The molecule has 0 aromatic carbocycles. The Kier molecular flexibility index (Phi) is 5.60. The summed E-state index contributed by atoms with van der Waals surface area (Å²) in [5.41, 5.74) is -0.324. The lowest BCUT2D eigenvalue weighted by Gasteiger charge is -2.63. The van der Waals surface area contributed by atoms with E-state index in [2.05, 4.69) is 27.7 Å². The van der Waals surface area contributed by atoms with Crippen LogP contribution in [0.3, 0.4) is 0 Å². The Hall–Kier alpha value is -0.610. The van der Waals surface area contributed by atoms with E-state index in [1.54, 1.807) is 0 Å². The fourth-order valence-electron chi connectivity index (χ4n) is 9.29. The van der Waals surface area contributed by atoms with Crippen LogP contribution in [0, 0.1) is 52.3 Å². The van der Waals surface area contributed by atoms with E-state index in [0.717, 1.165) is 25.7 Å². The molecule has 4 rings (SSSR count). The molecule has 4 unspecified atom stereocenters. The van der Waals surface area contributed by atoms with Gasteiger partial charge in [-0.1, -0.05) is 40.5 Å². The molecule has 0 radical (unpaired) electrons. The maximum atomic E-state index is 12.2. The minimum Gasteiger partial charge on any atom is -0.481 e. The number of carboxylic acid groups (broad SMARTS) is 1. The van der Waals surface area contributed by atoms with E-state index in [4.69, 9.17) is 0 Å². The van der Waals surface area contributed by atoms with Crippen molar-refractivity contribution in [2.24, 2.45) is 52.3 Å². The van der Waals surface area contributed by atoms with Crippen molar-refractivity contribution in [3.05, 3.63) is 0 Å². The molecule has 4 nitrogen and oxygen atoms in total. The molecular formula is C25H42O4. The summed E-state index contributed by atoms with van der Waals surface area (Å²) >= 11 is 0. The Bertz CT molecular complexity index is 634. The van der Waals surface area contributed by atoms with Crippen LogP contribution in [0.5, 0.6) is 0 Å². The van der Waals surface area contributed by atoms with Crippen molar-refractivity contribution in [2.45, 2.75) is 97.7 Å². The zero-order valence-electron chi connectivity index (χ0n) is 18.8. The molecule has 4 fully saturated rings. The second kappa shape index (κ2) is 7.51. The average Bonchev–Trinajstić information content (AvgIpc) is 3.01. The quantitative estimate of drug-likeness (QED) is 0.631. The fraction of sp³-hybridized carbons (Fsp3) is 0.960. The summed E-state index contributed by atoms with van der Waals surface area (Å²) in [6.45, 7) is 9.18. The largest absolute Gasteiger partial charge is 0.481 e. The molecule has 0 aliphatic heterocycles. The molecule has 4 heteroatoms. The molecule has 0 heterocycles. The smallest absolute Gasteiger partial charge is 0.307 e. The first-order valence-electron chi connectivity index (χ1n) is 12.2. The number of carboxylic acids is 1. The van der Waals surface area contributed by atoms with Crippen LogP contribution in [0.25, 0.3) is 0 Å². The van der Waals surface area contributed by atoms with Crippen LogP contribution in [0.4, 0.5) is 0 Å². The summed E-state index contributed by atoms with van der Waals surface area (Å²) in [4.78, 5) is 12.2. The first kappa shape index (κ1) is 21.6. The van der Waals surface area contributed by atoms with E-state index < -0.39 is 18.0 Å². The number of hydrogen-bond donors (Lipinski definition) is 3. The summed E-state index contributed by atoms with van der Waals surface area (Å²) in [5.74, 6) is 1.56. The Morgan fingerprint density at radius 3 is 2.38 bits per heavy atom. The predicted molar refractivity (Wildman–Crippen MR) is 113 cm³/mol. The lowest BCUT2D eigenvalue weighted by molar-refractivity contribution is -0.201. The predicted octanol–water partition coefficient (Wildman–Crippen LogP) is 4.72. The highest BCUT2D eigenvalue weighted by atomic mass is 16.4. The highest BCUT2D eigenvalue weighted by Crippen LogP contribution is 2.69. The van der Waals surface area contributed by atoms with Crippen molar-refractivity contribution < 1.29 is 20.1 Å². The van der Waals surface area contributed by atoms with Gasteiger partial charge in [0.15, 0.2) is 0 Å². The van der Waals surface area contributed by atoms with Gasteiger partial charge in [0.1, 0.15) is 0 Å². The zero-order chi connectivity index (χ0) is 21.1. The summed E-state index contributed by atoms with van der Waals surface area (Å²) in [6.07, 6.45) is 8.04. The van der Waals surface area contributed by atoms with Crippen molar-refractivity contribution in [1.29, 1.82) is 0 Å². The van der Waals surface area contributed by atoms with E-state index in [1.165, 1.54) is 25.7 Å². The van der Waals surface area contributed by atoms with E-state index >= 15 is 0 Å². The lowest BCUT2D eigenvalue weighted by Crippen LogP contribution is -2.62. The summed E-state index contributed by atoms with van der Waals surface area (Å²) in [6, 6.07) is 0. The van der Waals surface area contributed by atoms with Crippen molar-refractivity contribution >= 4 is 5.97 Å².